The molecule has 1 aliphatic carbocycles. The summed E-state index contributed by atoms with van der Waals surface area (Å²) in [6, 6.07) is 10.2. The molecule has 1 fully saturated rings. The normalized spacial score (nSPS) is 24.5. The number of piperazine rings is 1. The van der Waals surface area contributed by atoms with E-state index in [1.807, 2.05) is 35.3 Å². The van der Waals surface area contributed by atoms with Gasteiger partial charge in [0.2, 0.25) is 5.91 Å². The highest BCUT2D eigenvalue weighted by atomic mass is 16.4. The zero-order valence-electron chi connectivity index (χ0n) is 13.1. The lowest BCUT2D eigenvalue weighted by atomic mass is 9.82. The van der Waals surface area contributed by atoms with Crippen LogP contribution in [-0.4, -0.2) is 48.1 Å². The van der Waals surface area contributed by atoms with Gasteiger partial charge in [-0.3, -0.25) is 9.59 Å². The van der Waals surface area contributed by atoms with Crippen LogP contribution in [0.2, 0.25) is 0 Å². The average Bonchev–Trinajstić information content (AvgIpc) is 2.62. The van der Waals surface area contributed by atoms with Crippen LogP contribution in [0, 0.1) is 11.8 Å². The molecule has 0 radical (unpaired) electrons. The van der Waals surface area contributed by atoms with E-state index in [0.29, 0.717) is 25.9 Å². The lowest BCUT2D eigenvalue weighted by molar-refractivity contribution is -0.150. The van der Waals surface area contributed by atoms with Gasteiger partial charge in [-0.25, -0.2) is 0 Å². The predicted octanol–water partition coefficient (Wildman–Crippen LogP) is 2.00. The molecule has 1 heterocycles. The van der Waals surface area contributed by atoms with E-state index in [1.165, 1.54) is 5.69 Å². The van der Waals surface area contributed by atoms with Crippen molar-refractivity contribution in [2.45, 2.75) is 12.8 Å². The van der Waals surface area contributed by atoms with Crippen molar-refractivity contribution in [3.8, 4) is 0 Å². The van der Waals surface area contributed by atoms with Crippen LogP contribution in [0.25, 0.3) is 0 Å². The zero-order valence-corrected chi connectivity index (χ0v) is 13.1. The van der Waals surface area contributed by atoms with Crippen molar-refractivity contribution in [2.75, 3.05) is 31.1 Å². The molecule has 5 nitrogen and oxygen atoms in total. The van der Waals surface area contributed by atoms with Crippen molar-refractivity contribution in [2.24, 2.45) is 11.8 Å². The Kier molecular flexibility index (Phi) is 4.65. The maximum atomic E-state index is 12.7. The van der Waals surface area contributed by atoms with Gasteiger partial charge in [0.05, 0.1) is 11.8 Å². The first-order valence-corrected chi connectivity index (χ1v) is 8.13. The Bertz CT molecular complexity index is 592. The Morgan fingerprint density at radius 2 is 1.52 bits per heavy atom. The summed E-state index contributed by atoms with van der Waals surface area (Å²) in [6.07, 6.45) is 4.79. The molecule has 23 heavy (non-hydrogen) atoms. The van der Waals surface area contributed by atoms with Crippen molar-refractivity contribution in [3.05, 3.63) is 42.5 Å². The Balaban J connectivity index is 1.62. The SMILES string of the molecule is O=C(O)[C@@H]1CC=CC[C@H]1C(=O)N1CCN(c2ccccc2)CC1. The van der Waals surface area contributed by atoms with Crippen LogP contribution in [0.5, 0.6) is 0 Å². The molecule has 1 saturated heterocycles. The number of hydrogen-bond acceptors (Lipinski definition) is 3. The number of carboxylic acid groups (broad SMARTS) is 1. The van der Waals surface area contributed by atoms with Gasteiger partial charge in [-0.05, 0) is 25.0 Å². The van der Waals surface area contributed by atoms with E-state index in [2.05, 4.69) is 17.0 Å². The van der Waals surface area contributed by atoms with Crippen LogP contribution in [0.1, 0.15) is 12.8 Å². The van der Waals surface area contributed by atoms with Crippen molar-refractivity contribution >= 4 is 17.6 Å². The summed E-state index contributed by atoms with van der Waals surface area (Å²) in [5, 5.41) is 9.33. The lowest BCUT2D eigenvalue weighted by Gasteiger charge is -2.38. The highest BCUT2D eigenvalue weighted by Gasteiger charge is 2.37. The summed E-state index contributed by atoms with van der Waals surface area (Å²) >= 11 is 0. The van der Waals surface area contributed by atoms with E-state index in [-0.39, 0.29) is 5.91 Å². The second-order valence-corrected chi connectivity index (χ2v) is 6.14. The van der Waals surface area contributed by atoms with Crippen LogP contribution in [0.4, 0.5) is 5.69 Å². The molecule has 1 aliphatic heterocycles. The number of nitrogens with zero attached hydrogens (tertiary/aromatic N) is 2. The molecular formula is C18H22N2O3. The van der Waals surface area contributed by atoms with Gasteiger partial charge in [0.1, 0.15) is 0 Å². The van der Waals surface area contributed by atoms with Crippen molar-refractivity contribution in [1.29, 1.82) is 0 Å². The third-order valence-corrected chi connectivity index (χ3v) is 4.78. The molecule has 0 unspecified atom stereocenters. The molecular weight excluding hydrogens is 292 g/mol. The van der Waals surface area contributed by atoms with Crippen LogP contribution in [0.15, 0.2) is 42.5 Å². The minimum absolute atomic E-state index is 0.00513. The molecule has 3 rings (SSSR count). The van der Waals surface area contributed by atoms with Crippen LogP contribution in [0.3, 0.4) is 0 Å². The van der Waals surface area contributed by atoms with E-state index in [1.54, 1.807) is 0 Å². The first kappa shape index (κ1) is 15.6. The molecule has 2 aliphatic rings. The maximum Gasteiger partial charge on any atom is 0.307 e. The standard InChI is InChI=1S/C18H22N2O3/c21-17(15-8-4-5-9-16(15)18(22)23)20-12-10-19(11-13-20)14-6-2-1-3-7-14/h1-7,15-16H,8-13H2,(H,22,23)/t15-,16-/m1/s1. The van der Waals surface area contributed by atoms with Crippen molar-refractivity contribution in [1.82, 2.24) is 4.90 Å². The van der Waals surface area contributed by atoms with Gasteiger partial charge in [0.15, 0.2) is 0 Å². The number of hydrogen-bond donors (Lipinski definition) is 1. The number of para-hydroxylation sites is 1. The number of anilines is 1. The number of carboxylic acids is 1. The first-order valence-electron chi connectivity index (χ1n) is 8.13. The third-order valence-electron chi connectivity index (χ3n) is 4.78. The van der Waals surface area contributed by atoms with Crippen molar-refractivity contribution < 1.29 is 14.7 Å². The Labute approximate surface area is 136 Å². The van der Waals surface area contributed by atoms with Crippen LogP contribution >= 0.6 is 0 Å². The van der Waals surface area contributed by atoms with Gasteiger partial charge in [0, 0.05) is 31.9 Å². The number of benzene rings is 1. The molecule has 1 aromatic carbocycles. The van der Waals surface area contributed by atoms with Gasteiger partial charge in [0.25, 0.3) is 0 Å². The van der Waals surface area contributed by atoms with Gasteiger partial charge >= 0.3 is 5.97 Å². The average molecular weight is 314 g/mol. The van der Waals surface area contributed by atoms with Gasteiger partial charge in [-0.2, -0.15) is 0 Å². The maximum absolute atomic E-state index is 12.7. The molecule has 0 aromatic heterocycles. The number of amides is 1. The summed E-state index contributed by atoms with van der Waals surface area (Å²) in [4.78, 5) is 28.2. The van der Waals surface area contributed by atoms with Crippen LogP contribution < -0.4 is 4.90 Å². The van der Waals surface area contributed by atoms with E-state index in [9.17, 15) is 14.7 Å². The number of carbonyl (C=O) groups excluding carboxylic acids is 1. The molecule has 5 heteroatoms. The van der Waals surface area contributed by atoms with Gasteiger partial charge in [-0.1, -0.05) is 30.4 Å². The Morgan fingerprint density at radius 1 is 0.913 bits per heavy atom. The first-order chi connectivity index (χ1) is 11.2. The topological polar surface area (TPSA) is 60.9 Å². The molecule has 1 N–H and O–H groups in total. The third kappa shape index (κ3) is 3.38. The number of carbonyl (C=O) groups is 2. The second kappa shape index (κ2) is 6.86. The number of allylic oxidation sites excluding steroid dienone is 2. The fourth-order valence-corrected chi connectivity index (χ4v) is 3.42. The quantitative estimate of drug-likeness (QED) is 0.867. The molecule has 2 atom stereocenters. The predicted molar refractivity (Wildman–Crippen MR) is 88.2 cm³/mol. The summed E-state index contributed by atoms with van der Waals surface area (Å²) in [5.74, 6) is -1.87. The summed E-state index contributed by atoms with van der Waals surface area (Å²) < 4.78 is 0. The fraction of sp³-hybridized carbons (Fsp3) is 0.444. The molecule has 122 valence electrons. The highest BCUT2D eigenvalue weighted by molar-refractivity contribution is 5.85. The van der Waals surface area contributed by atoms with E-state index >= 15 is 0 Å². The monoisotopic (exact) mass is 314 g/mol. The molecule has 0 bridgehead atoms. The second-order valence-electron chi connectivity index (χ2n) is 6.14. The molecule has 0 saturated carbocycles. The van der Waals surface area contributed by atoms with Gasteiger partial charge < -0.3 is 14.9 Å². The number of aliphatic carboxylic acids is 1. The van der Waals surface area contributed by atoms with E-state index in [0.717, 1.165) is 13.1 Å². The Hall–Kier alpha value is -2.30. The molecule has 1 aromatic rings. The smallest absolute Gasteiger partial charge is 0.307 e. The minimum Gasteiger partial charge on any atom is -0.481 e. The number of rotatable bonds is 3. The highest BCUT2D eigenvalue weighted by Crippen LogP contribution is 2.28. The fourth-order valence-electron chi connectivity index (χ4n) is 3.42. The van der Waals surface area contributed by atoms with Crippen LogP contribution in [-0.2, 0) is 9.59 Å². The van der Waals surface area contributed by atoms with E-state index in [4.69, 9.17) is 0 Å². The van der Waals surface area contributed by atoms with E-state index < -0.39 is 17.8 Å². The molecule has 1 amide bonds. The summed E-state index contributed by atoms with van der Waals surface area (Å²) in [5.41, 5.74) is 1.17. The van der Waals surface area contributed by atoms with Gasteiger partial charge in [-0.15, -0.1) is 0 Å². The summed E-state index contributed by atoms with van der Waals surface area (Å²) in [6.45, 7) is 2.88. The summed E-state index contributed by atoms with van der Waals surface area (Å²) in [7, 11) is 0. The zero-order chi connectivity index (χ0) is 16.2. The Morgan fingerprint density at radius 3 is 2.13 bits per heavy atom. The van der Waals surface area contributed by atoms with Crippen molar-refractivity contribution in [3.63, 3.8) is 0 Å². The largest absolute Gasteiger partial charge is 0.481 e. The molecule has 0 spiro atoms. The lowest BCUT2D eigenvalue weighted by Crippen LogP contribution is -2.52. The minimum atomic E-state index is -0.865.